The van der Waals surface area contributed by atoms with Crippen LogP contribution in [0.2, 0.25) is 5.02 Å². The zero-order valence-corrected chi connectivity index (χ0v) is 23.6. The van der Waals surface area contributed by atoms with Crippen LogP contribution in [0.5, 0.6) is 11.5 Å². The van der Waals surface area contributed by atoms with Crippen molar-refractivity contribution >= 4 is 28.5 Å². The number of esters is 1. The highest BCUT2D eigenvalue weighted by Gasteiger charge is 2.18. The van der Waals surface area contributed by atoms with Crippen LogP contribution in [0.25, 0.3) is 11.1 Å². The number of hydrogen-bond donors (Lipinski definition) is 1. The minimum Gasteiger partial charge on any atom is -0.457 e. The van der Waals surface area contributed by atoms with Gasteiger partial charge in [0.25, 0.3) is 0 Å². The van der Waals surface area contributed by atoms with Crippen LogP contribution in [0.15, 0.2) is 97.1 Å². The molecule has 0 spiro atoms. The van der Waals surface area contributed by atoms with Gasteiger partial charge in [0.1, 0.15) is 17.1 Å². The van der Waals surface area contributed by atoms with Crippen LogP contribution in [-0.4, -0.2) is 24.3 Å². The lowest BCUT2D eigenvalue weighted by molar-refractivity contribution is 0.00694. The second kappa shape index (κ2) is 12.5. The molecule has 0 amide bonds. The molecule has 0 saturated carbocycles. The smallest absolute Gasteiger partial charge is 0.338 e. The van der Waals surface area contributed by atoms with E-state index in [1.807, 2.05) is 72.8 Å². The molecule has 0 atom stereocenters. The predicted octanol–water partition coefficient (Wildman–Crippen LogP) is 7.28. The highest BCUT2D eigenvalue weighted by atomic mass is 35.5. The topological polar surface area (TPSA) is 72.9 Å². The number of carbonyl (C=O) groups excluding carboxylic acids is 1. The first-order chi connectivity index (χ1) is 18.6. The monoisotopic (exact) mass is 563 g/mol. The second-order valence-electron chi connectivity index (χ2n) is 10.0. The van der Waals surface area contributed by atoms with E-state index in [0.717, 1.165) is 28.2 Å². The van der Waals surface area contributed by atoms with Gasteiger partial charge in [-0.05, 0) is 85.5 Å². The highest BCUT2D eigenvalue weighted by molar-refractivity contribution is 7.69. The molecule has 6 nitrogen and oxygen atoms in total. The molecule has 0 aliphatic heterocycles. The van der Waals surface area contributed by atoms with E-state index in [9.17, 15) is 13.2 Å². The van der Waals surface area contributed by atoms with Crippen molar-refractivity contribution in [3.8, 4) is 22.6 Å². The molecule has 202 valence electrons. The van der Waals surface area contributed by atoms with Gasteiger partial charge in [-0.1, -0.05) is 66.2 Å². The molecule has 4 aromatic carbocycles. The fraction of sp³-hybridized carbons (Fsp3) is 0.194. The van der Waals surface area contributed by atoms with E-state index in [0.29, 0.717) is 16.1 Å². The molecule has 0 saturated heterocycles. The molecule has 8 heteroatoms. The van der Waals surface area contributed by atoms with Crippen LogP contribution >= 0.6 is 11.6 Å². The first-order valence-corrected chi connectivity index (χ1v) is 13.9. The maximum atomic E-state index is 12.3. The Hall–Kier alpha value is -3.65. The highest BCUT2D eigenvalue weighted by Crippen LogP contribution is 2.29. The van der Waals surface area contributed by atoms with Crippen LogP contribution < -0.4 is 4.74 Å². The van der Waals surface area contributed by atoms with Crippen LogP contribution in [0.1, 0.15) is 42.3 Å². The third-order valence-corrected chi connectivity index (χ3v) is 6.85. The maximum absolute atomic E-state index is 12.3. The summed E-state index contributed by atoms with van der Waals surface area (Å²) < 4.78 is 36.6. The lowest BCUT2D eigenvalue weighted by atomic mass is 10.0. The normalized spacial score (nSPS) is 11.5. The number of benzene rings is 4. The summed E-state index contributed by atoms with van der Waals surface area (Å²) in [6.07, 6.45) is 0. The molecule has 0 heterocycles. The minimum atomic E-state index is -2.87. The van der Waals surface area contributed by atoms with Crippen molar-refractivity contribution in [2.45, 2.75) is 39.5 Å². The van der Waals surface area contributed by atoms with Gasteiger partial charge < -0.3 is 9.47 Å². The third kappa shape index (κ3) is 8.17. The summed E-state index contributed by atoms with van der Waals surface area (Å²) >= 11 is 6.58. The van der Waals surface area contributed by atoms with Crippen molar-refractivity contribution < 1.29 is 22.7 Å². The molecule has 0 aromatic heterocycles. The average Bonchev–Trinajstić information content (AvgIpc) is 2.89. The van der Waals surface area contributed by atoms with Gasteiger partial charge in [-0.25, -0.2) is 13.2 Å². The van der Waals surface area contributed by atoms with Crippen molar-refractivity contribution in [2.24, 2.45) is 0 Å². The van der Waals surface area contributed by atoms with E-state index in [2.05, 4.69) is 0 Å². The average molecular weight is 564 g/mol. The maximum Gasteiger partial charge on any atom is 0.338 e. The molecule has 0 bridgehead atoms. The molecule has 0 aliphatic carbocycles. The molecule has 4 aromatic rings. The van der Waals surface area contributed by atoms with Gasteiger partial charge in [-0.3, -0.25) is 0 Å². The molecular formula is C31H30ClNO5S. The number of rotatable bonds is 9. The quantitative estimate of drug-likeness (QED) is 0.171. The lowest BCUT2D eigenvalue weighted by Crippen LogP contribution is -2.24. The first kappa shape index (κ1) is 28.4. The molecular weight excluding hydrogens is 534 g/mol. The van der Waals surface area contributed by atoms with Crippen molar-refractivity contribution in [1.82, 2.24) is 4.31 Å². The van der Waals surface area contributed by atoms with Crippen LogP contribution in [0.3, 0.4) is 0 Å². The molecule has 0 N–H and O–H groups in total. The molecule has 0 unspecified atom stereocenters. The Bertz CT molecular complexity index is 1490. The summed E-state index contributed by atoms with van der Waals surface area (Å²) in [5.41, 5.74) is 3.11. The summed E-state index contributed by atoms with van der Waals surface area (Å²) in [4.78, 5) is 12.3. The van der Waals surface area contributed by atoms with Crippen LogP contribution in [0.4, 0.5) is 0 Å². The van der Waals surface area contributed by atoms with Crippen molar-refractivity contribution in [3.63, 3.8) is 0 Å². The zero-order chi connectivity index (χ0) is 28.0. The fourth-order valence-electron chi connectivity index (χ4n) is 3.86. The van der Waals surface area contributed by atoms with Crippen LogP contribution in [0, 0.1) is 0 Å². The molecule has 0 fully saturated rings. The van der Waals surface area contributed by atoms with E-state index >= 15 is 0 Å². The minimum absolute atomic E-state index is 0.121. The number of hydrogen-bond acceptors (Lipinski definition) is 5. The number of para-hydroxylation sites is 1. The standard InChI is InChI=1S/C31H30ClNO5S/c1-31(2,3)38-30(34)24-11-9-22(10-12-24)20-33(39(35)36)21-26-14-13-25(19-29(26)32)23-15-17-28(18-16-23)37-27-7-5-4-6-8-27/h4-19,39H,20-21H2,1-3H3. The van der Waals surface area contributed by atoms with Crippen molar-refractivity contribution in [1.29, 1.82) is 0 Å². The summed E-state index contributed by atoms with van der Waals surface area (Å²) in [5, 5.41) is 0.472. The number of ether oxygens (including phenoxy) is 2. The van der Waals surface area contributed by atoms with Gasteiger partial charge in [0, 0.05) is 18.1 Å². The van der Waals surface area contributed by atoms with E-state index in [1.54, 1.807) is 45.0 Å². The molecule has 0 radical (unpaired) electrons. The first-order valence-electron chi connectivity index (χ1n) is 12.4. The summed E-state index contributed by atoms with van der Waals surface area (Å²) in [7, 11) is -2.87. The van der Waals surface area contributed by atoms with Crippen molar-refractivity contribution in [2.75, 3.05) is 0 Å². The Morgan fingerprint density at radius 1 is 0.795 bits per heavy atom. The second-order valence-corrected chi connectivity index (χ2v) is 11.5. The lowest BCUT2D eigenvalue weighted by Gasteiger charge is -2.20. The Kier molecular flexibility index (Phi) is 9.07. The zero-order valence-electron chi connectivity index (χ0n) is 22.0. The van der Waals surface area contributed by atoms with Gasteiger partial charge in [0.05, 0.1) is 5.56 Å². The van der Waals surface area contributed by atoms with E-state index in [-0.39, 0.29) is 13.1 Å². The Morgan fingerprint density at radius 3 is 2.00 bits per heavy atom. The van der Waals surface area contributed by atoms with Crippen LogP contribution in [-0.2, 0) is 28.7 Å². The third-order valence-electron chi connectivity index (χ3n) is 5.76. The number of carbonyl (C=O) groups is 1. The predicted molar refractivity (Wildman–Crippen MR) is 155 cm³/mol. The van der Waals surface area contributed by atoms with Gasteiger partial charge in [-0.15, -0.1) is 0 Å². The van der Waals surface area contributed by atoms with Gasteiger partial charge in [0.2, 0.25) is 10.9 Å². The number of thiol groups is 1. The number of nitrogens with zero attached hydrogens (tertiary/aromatic N) is 1. The van der Waals surface area contributed by atoms with Gasteiger partial charge in [-0.2, -0.15) is 4.31 Å². The number of halogens is 1. The largest absolute Gasteiger partial charge is 0.457 e. The van der Waals surface area contributed by atoms with Gasteiger partial charge in [0.15, 0.2) is 0 Å². The fourth-order valence-corrected chi connectivity index (χ4v) is 4.64. The van der Waals surface area contributed by atoms with Crippen molar-refractivity contribution in [3.05, 3.63) is 119 Å². The van der Waals surface area contributed by atoms with E-state index in [1.165, 1.54) is 4.31 Å². The SMILES string of the molecule is CC(C)(C)OC(=O)c1ccc(CN(Cc2ccc(-c3ccc(Oc4ccccc4)cc3)cc2Cl)[SH](=O)=O)cc1. The van der Waals surface area contributed by atoms with E-state index in [4.69, 9.17) is 21.1 Å². The summed E-state index contributed by atoms with van der Waals surface area (Å²) in [6, 6.07) is 29.5. The Labute approximate surface area is 235 Å². The molecule has 0 aliphatic rings. The summed E-state index contributed by atoms with van der Waals surface area (Å²) in [6.45, 7) is 5.68. The van der Waals surface area contributed by atoms with E-state index < -0.39 is 22.5 Å². The molecule has 39 heavy (non-hydrogen) atoms. The molecule has 4 rings (SSSR count). The Balaban J connectivity index is 1.42. The Morgan fingerprint density at radius 2 is 1.41 bits per heavy atom. The van der Waals surface area contributed by atoms with Gasteiger partial charge >= 0.3 is 5.97 Å². The summed E-state index contributed by atoms with van der Waals surface area (Å²) in [5.74, 6) is 1.06.